The number of hydrogen-bond donors (Lipinski definition) is 2. The van der Waals surface area contributed by atoms with E-state index in [-0.39, 0.29) is 5.28 Å². The van der Waals surface area contributed by atoms with Crippen molar-refractivity contribution >= 4 is 40.5 Å². The largest absolute Gasteiger partial charge is 0.357 e. The summed E-state index contributed by atoms with van der Waals surface area (Å²) in [5, 5.41) is 9.90. The lowest BCUT2D eigenvalue weighted by Gasteiger charge is -2.04. The van der Waals surface area contributed by atoms with Gasteiger partial charge in [0.25, 0.3) is 0 Å². The molecular weight excluding hydrogens is 234 g/mol. The van der Waals surface area contributed by atoms with E-state index in [2.05, 4.69) is 25.6 Å². The Kier molecular flexibility index (Phi) is 2.98. The van der Waals surface area contributed by atoms with Crippen molar-refractivity contribution in [2.24, 2.45) is 0 Å². The lowest BCUT2D eigenvalue weighted by molar-refractivity contribution is 1.05. The second-order valence-corrected chi connectivity index (χ2v) is 3.76. The van der Waals surface area contributed by atoms with Gasteiger partial charge in [-0.3, -0.25) is 0 Å². The Balaban J connectivity index is 2.24. The van der Waals surface area contributed by atoms with Gasteiger partial charge < -0.3 is 10.6 Å². The molecule has 0 aromatic carbocycles. The maximum atomic E-state index is 5.73. The zero-order chi connectivity index (χ0) is 10.7. The van der Waals surface area contributed by atoms with E-state index < -0.39 is 0 Å². The van der Waals surface area contributed by atoms with Crippen molar-refractivity contribution in [1.29, 1.82) is 0 Å². The maximum absolute atomic E-state index is 5.73. The molecule has 0 aliphatic heterocycles. The van der Waals surface area contributed by atoms with Crippen LogP contribution in [0.25, 0.3) is 0 Å². The highest BCUT2D eigenvalue weighted by Crippen LogP contribution is 2.17. The molecule has 2 aromatic heterocycles. The van der Waals surface area contributed by atoms with E-state index in [1.54, 1.807) is 18.4 Å². The molecule has 2 N–H and O–H groups in total. The van der Waals surface area contributed by atoms with Crippen LogP contribution in [0.2, 0.25) is 5.28 Å². The van der Waals surface area contributed by atoms with Gasteiger partial charge in [-0.05, 0) is 23.0 Å². The maximum Gasteiger partial charge on any atom is 0.233 e. The topological polar surface area (TPSA) is 62.7 Å². The number of hydrogen-bond acceptors (Lipinski definition) is 6. The quantitative estimate of drug-likeness (QED) is 0.864. The molecule has 7 heteroatoms. The Morgan fingerprint density at radius 3 is 2.73 bits per heavy atom. The molecule has 0 spiro atoms. The lowest BCUT2D eigenvalue weighted by atomic mass is 10.5. The van der Waals surface area contributed by atoms with Gasteiger partial charge in [0.1, 0.15) is 0 Å². The zero-order valence-electron chi connectivity index (χ0n) is 7.86. The summed E-state index contributed by atoms with van der Waals surface area (Å²) in [5.41, 5.74) is 0.935. The van der Waals surface area contributed by atoms with E-state index in [1.165, 1.54) is 0 Å². The van der Waals surface area contributed by atoms with Crippen LogP contribution in [0.4, 0.5) is 17.6 Å². The fourth-order valence-electron chi connectivity index (χ4n) is 0.982. The Labute approximate surface area is 95.6 Å². The molecule has 0 aliphatic carbocycles. The average Bonchev–Trinajstić information content (AvgIpc) is 2.69. The molecule has 0 saturated heterocycles. The molecule has 0 aliphatic rings. The number of nitrogens with zero attached hydrogens (tertiary/aromatic N) is 3. The van der Waals surface area contributed by atoms with Gasteiger partial charge >= 0.3 is 0 Å². The molecule has 5 nitrogen and oxygen atoms in total. The fraction of sp³-hybridized carbons (Fsp3) is 0.125. The van der Waals surface area contributed by atoms with Gasteiger partial charge in [0.2, 0.25) is 17.2 Å². The SMILES string of the molecule is CNc1nc(Cl)nc(Nc2ccsc2)n1. The minimum atomic E-state index is 0.159. The van der Waals surface area contributed by atoms with Crippen molar-refractivity contribution in [1.82, 2.24) is 15.0 Å². The predicted molar refractivity (Wildman–Crippen MR) is 62.0 cm³/mol. The number of thiophene rings is 1. The molecule has 15 heavy (non-hydrogen) atoms. The van der Waals surface area contributed by atoms with Gasteiger partial charge in [0.15, 0.2) is 0 Å². The molecule has 0 unspecified atom stereocenters. The Morgan fingerprint density at radius 2 is 2.07 bits per heavy atom. The molecular formula is C8H8ClN5S. The van der Waals surface area contributed by atoms with Crippen LogP contribution < -0.4 is 10.6 Å². The van der Waals surface area contributed by atoms with Crippen molar-refractivity contribution in [2.45, 2.75) is 0 Å². The third kappa shape index (κ3) is 2.54. The Morgan fingerprint density at radius 1 is 1.27 bits per heavy atom. The summed E-state index contributed by atoms with van der Waals surface area (Å²) < 4.78 is 0. The van der Waals surface area contributed by atoms with Crippen LogP contribution in [-0.4, -0.2) is 22.0 Å². The molecule has 0 fully saturated rings. The van der Waals surface area contributed by atoms with Crippen LogP contribution in [0.1, 0.15) is 0 Å². The van der Waals surface area contributed by atoms with Crippen LogP contribution in [0.3, 0.4) is 0 Å². The number of aromatic nitrogens is 3. The third-order valence-corrected chi connectivity index (χ3v) is 2.46. The van der Waals surface area contributed by atoms with Crippen molar-refractivity contribution in [3.63, 3.8) is 0 Å². The highest BCUT2D eigenvalue weighted by atomic mass is 35.5. The standard InChI is InChI=1S/C8H8ClN5S/c1-10-7-12-6(9)13-8(14-7)11-5-2-3-15-4-5/h2-4H,1H3,(H2,10,11,12,13,14). The summed E-state index contributed by atoms with van der Waals surface area (Å²) in [4.78, 5) is 11.9. The third-order valence-electron chi connectivity index (χ3n) is 1.61. The highest BCUT2D eigenvalue weighted by molar-refractivity contribution is 7.08. The summed E-state index contributed by atoms with van der Waals surface area (Å²) in [6.45, 7) is 0. The van der Waals surface area contributed by atoms with Crippen LogP contribution in [0.5, 0.6) is 0 Å². The molecule has 0 radical (unpaired) electrons. The molecule has 2 aromatic rings. The van der Waals surface area contributed by atoms with Gasteiger partial charge in [-0.1, -0.05) is 0 Å². The summed E-state index contributed by atoms with van der Waals surface area (Å²) in [6, 6.07) is 1.93. The first kappa shape index (κ1) is 10.1. The molecule has 0 saturated carbocycles. The van der Waals surface area contributed by atoms with Gasteiger partial charge in [0.05, 0.1) is 5.69 Å². The van der Waals surface area contributed by atoms with Crippen molar-refractivity contribution < 1.29 is 0 Å². The second-order valence-electron chi connectivity index (χ2n) is 2.64. The van der Waals surface area contributed by atoms with Crippen molar-refractivity contribution in [3.8, 4) is 0 Å². The van der Waals surface area contributed by atoms with Gasteiger partial charge in [0, 0.05) is 12.4 Å². The molecule has 0 bridgehead atoms. The van der Waals surface area contributed by atoms with E-state index >= 15 is 0 Å². The summed E-state index contributed by atoms with van der Waals surface area (Å²) in [5.74, 6) is 0.866. The van der Waals surface area contributed by atoms with Crippen molar-refractivity contribution in [2.75, 3.05) is 17.7 Å². The van der Waals surface area contributed by atoms with Crippen molar-refractivity contribution in [3.05, 3.63) is 22.1 Å². The number of halogens is 1. The minimum Gasteiger partial charge on any atom is -0.357 e. The normalized spacial score (nSPS) is 10.0. The van der Waals surface area contributed by atoms with Crippen LogP contribution in [0, 0.1) is 0 Å². The zero-order valence-corrected chi connectivity index (χ0v) is 9.43. The highest BCUT2D eigenvalue weighted by Gasteiger charge is 2.03. The van der Waals surface area contributed by atoms with Gasteiger partial charge in [-0.2, -0.15) is 26.3 Å². The molecule has 78 valence electrons. The predicted octanol–water partition coefficient (Wildman–Crippen LogP) is 2.37. The smallest absolute Gasteiger partial charge is 0.233 e. The Bertz CT molecular complexity index is 444. The van der Waals surface area contributed by atoms with Crippen LogP contribution in [-0.2, 0) is 0 Å². The van der Waals surface area contributed by atoms with Gasteiger partial charge in [-0.25, -0.2) is 0 Å². The van der Waals surface area contributed by atoms with E-state index in [1.807, 2.05) is 16.8 Å². The molecule has 0 amide bonds. The molecule has 2 rings (SSSR count). The average molecular weight is 242 g/mol. The van der Waals surface area contributed by atoms with E-state index in [9.17, 15) is 0 Å². The number of anilines is 3. The summed E-state index contributed by atoms with van der Waals surface area (Å²) >= 11 is 7.32. The first-order valence-corrected chi connectivity index (χ1v) is 5.48. The Hall–Kier alpha value is -1.40. The number of rotatable bonds is 3. The second kappa shape index (κ2) is 4.41. The lowest BCUT2D eigenvalue weighted by Crippen LogP contribution is -2.03. The molecule has 0 atom stereocenters. The van der Waals surface area contributed by atoms with E-state index in [0.717, 1.165) is 5.69 Å². The van der Waals surface area contributed by atoms with E-state index in [4.69, 9.17) is 11.6 Å². The first-order chi connectivity index (χ1) is 7.28. The monoisotopic (exact) mass is 241 g/mol. The summed E-state index contributed by atoms with van der Waals surface area (Å²) in [7, 11) is 1.72. The fourth-order valence-corrected chi connectivity index (χ4v) is 1.73. The van der Waals surface area contributed by atoms with Crippen LogP contribution >= 0.6 is 22.9 Å². The van der Waals surface area contributed by atoms with E-state index in [0.29, 0.717) is 11.9 Å². The summed E-state index contributed by atoms with van der Waals surface area (Å²) in [6.07, 6.45) is 0. The minimum absolute atomic E-state index is 0.159. The number of nitrogens with one attached hydrogen (secondary N) is 2. The first-order valence-electron chi connectivity index (χ1n) is 4.16. The van der Waals surface area contributed by atoms with Crippen LogP contribution in [0.15, 0.2) is 16.8 Å². The molecule has 2 heterocycles. The van der Waals surface area contributed by atoms with Gasteiger partial charge in [-0.15, -0.1) is 0 Å².